The molecule has 142 valence electrons. The fourth-order valence-electron chi connectivity index (χ4n) is 2.89. The number of imidazole rings is 1. The molecule has 7 nitrogen and oxygen atoms in total. The third kappa shape index (κ3) is 4.31. The number of benzene rings is 1. The number of aromatic nitrogens is 2. The molecule has 0 unspecified atom stereocenters. The maximum absolute atomic E-state index is 12.2. The molecule has 1 N–H and O–H groups in total. The Bertz CT molecular complexity index is 878. The van der Waals surface area contributed by atoms with Gasteiger partial charge in [-0.1, -0.05) is 6.07 Å². The number of hydrogen-bond donors (Lipinski definition) is 1. The first-order chi connectivity index (χ1) is 13.1. The summed E-state index contributed by atoms with van der Waals surface area (Å²) in [6.45, 7) is 0.399. The van der Waals surface area contributed by atoms with E-state index in [1.165, 1.54) is 0 Å². The lowest BCUT2D eigenvalue weighted by molar-refractivity contribution is -0.121. The first-order valence-electron chi connectivity index (χ1n) is 8.62. The predicted molar refractivity (Wildman–Crippen MR) is 101 cm³/mol. The molecule has 7 heteroatoms. The molecule has 0 aliphatic carbocycles. The number of carbonyl (C=O) groups is 1. The van der Waals surface area contributed by atoms with Crippen molar-refractivity contribution in [3.05, 3.63) is 54.0 Å². The maximum Gasteiger partial charge on any atom is 0.220 e. The highest BCUT2D eigenvalue weighted by molar-refractivity contribution is 5.76. The normalized spacial score (nSPS) is 10.6. The van der Waals surface area contributed by atoms with Crippen molar-refractivity contribution in [3.8, 4) is 17.2 Å². The number of fused-ring (bicyclic) bond motifs is 1. The lowest BCUT2D eigenvalue weighted by atomic mass is 10.1. The minimum Gasteiger partial charge on any atom is -0.493 e. The molecule has 0 saturated carbocycles. The second-order valence-electron chi connectivity index (χ2n) is 6.01. The lowest BCUT2D eigenvalue weighted by Gasteiger charge is -2.14. The van der Waals surface area contributed by atoms with E-state index in [1.54, 1.807) is 21.3 Å². The molecule has 2 aromatic heterocycles. The molecule has 0 spiro atoms. The fraction of sp³-hybridized carbons (Fsp3) is 0.300. The van der Waals surface area contributed by atoms with Crippen LogP contribution < -0.4 is 19.5 Å². The number of ether oxygens (including phenoxy) is 3. The van der Waals surface area contributed by atoms with Gasteiger partial charge in [-0.15, -0.1) is 0 Å². The monoisotopic (exact) mass is 369 g/mol. The third-order valence-electron chi connectivity index (χ3n) is 4.25. The van der Waals surface area contributed by atoms with Gasteiger partial charge >= 0.3 is 0 Å². The number of pyridine rings is 1. The van der Waals surface area contributed by atoms with Crippen LogP contribution in [0, 0.1) is 0 Å². The van der Waals surface area contributed by atoms with Crippen molar-refractivity contribution in [1.29, 1.82) is 0 Å². The van der Waals surface area contributed by atoms with E-state index < -0.39 is 0 Å². The third-order valence-corrected chi connectivity index (χ3v) is 4.25. The summed E-state index contributed by atoms with van der Waals surface area (Å²) in [6, 6.07) is 9.51. The van der Waals surface area contributed by atoms with Gasteiger partial charge in [-0.2, -0.15) is 0 Å². The summed E-state index contributed by atoms with van der Waals surface area (Å²) in [5.41, 5.74) is 2.62. The Morgan fingerprint density at radius 2 is 1.85 bits per heavy atom. The van der Waals surface area contributed by atoms with Gasteiger partial charge in [0.2, 0.25) is 11.7 Å². The second-order valence-corrected chi connectivity index (χ2v) is 6.01. The number of methoxy groups -OCH3 is 3. The highest BCUT2D eigenvalue weighted by Crippen LogP contribution is 2.38. The number of hydrogen-bond acceptors (Lipinski definition) is 5. The summed E-state index contributed by atoms with van der Waals surface area (Å²) in [5, 5.41) is 2.91. The summed E-state index contributed by atoms with van der Waals surface area (Å²) < 4.78 is 17.9. The molecule has 2 heterocycles. The maximum atomic E-state index is 12.2. The molecule has 0 aliphatic heterocycles. The van der Waals surface area contributed by atoms with E-state index >= 15 is 0 Å². The van der Waals surface area contributed by atoms with Crippen LogP contribution in [0.4, 0.5) is 0 Å². The Hall–Kier alpha value is -3.22. The minimum atomic E-state index is -0.0409. The van der Waals surface area contributed by atoms with Crippen LogP contribution in [0.25, 0.3) is 5.65 Å². The van der Waals surface area contributed by atoms with E-state index in [2.05, 4.69) is 10.3 Å². The molecule has 3 aromatic rings. The number of amides is 1. The molecule has 3 rings (SSSR count). The van der Waals surface area contributed by atoms with Gasteiger partial charge in [-0.25, -0.2) is 4.98 Å². The number of rotatable bonds is 8. The quantitative estimate of drug-likeness (QED) is 0.661. The molecule has 1 aromatic carbocycles. The van der Waals surface area contributed by atoms with Crippen LogP contribution in [0.15, 0.2) is 42.7 Å². The summed E-state index contributed by atoms with van der Waals surface area (Å²) in [4.78, 5) is 16.7. The standard InChI is InChI=1S/C20H23N3O4/c1-25-16-10-14(11-17(26-2)20(16)27-3)7-8-19(24)21-12-15-13-23-9-5-4-6-18(23)22-15/h4-6,9-11,13H,7-8,12H2,1-3H3,(H,21,24). The van der Waals surface area contributed by atoms with E-state index in [0.29, 0.717) is 36.6 Å². The van der Waals surface area contributed by atoms with Crippen molar-refractivity contribution in [1.82, 2.24) is 14.7 Å². The molecule has 0 saturated heterocycles. The molecule has 1 amide bonds. The largest absolute Gasteiger partial charge is 0.493 e. The minimum absolute atomic E-state index is 0.0409. The van der Waals surface area contributed by atoms with Gasteiger partial charge in [-0.3, -0.25) is 4.79 Å². The Labute approximate surface area is 157 Å². The second kappa shape index (κ2) is 8.44. The van der Waals surface area contributed by atoms with Gasteiger partial charge in [0.25, 0.3) is 0 Å². The SMILES string of the molecule is COc1cc(CCC(=O)NCc2cn3ccccc3n2)cc(OC)c1OC. The Morgan fingerprint density at radius 1 is 1.11 bits per heavy atom. The smallest absolute Gasteiger partial charge is 0.220 e. The summed E-state index contributed by atoms with van der Waals surface area (Å²) in [5.74, 6) is 1.66. The van der Waals surface area contributed by atoms with Crippen molar-refractivity contribution in [2.75, 3.05) is 21.3 Å². The average Bonchev–Trinajstić information content (AvgIpc) is 3.12. The Kier molecular flexibility index (Phi) is 5.80. The van der Waals surface area contributed by atoms with Gasteiger partial charge in [0.1, 0.15) is 5.65 Å². The summed E-state index contributed by atoms with van der Waals surface area (Å²) in [7, 11) is 4.71. The topological polar surface area (TPSA) is 74.1 Å². The molecule has 0 atom stereocenters. The Morgan fingerprint density at radius 3 is 2.48 bits per heavy atom. The van der Waals surface area contributed by atoms with Crippen molar-refractivity contribution >= 4 is 11.6 Å². The number of nitrogens with one attached hydrogen (secondary N) is 1. The van der Waals surface area contributed by atoms with Gasteiger partial charge in [-0.05, 0) is 36.2 Å². The average molecular weight is 369 g/mol. The molecule has 0 radical (unpaired) electrons. The molecule has 0 fully saturated rings. The number of nitrogens with zero attached hydrogens (tertiary/aromatic N) is 2. The molecular weight excluding hydrogens is 346 g/mol. The Balaban J connectivity index is 1.58. The molecule has 0 aliphatic rings. The first-order valence-corrected chi connectivity index (χ1v) is 8.62. The first kappa shape index (κ1) is 18.6. The van der Waals surface area contributed by atoms with Gasteiger partial charge < -0.3 is 23.9 Å². The van der Waals surface area contributed by atoms with E-state index in [-0.39, 0.29) is 5.91 Å². The van der Waals surface area contributed by atoms with Gasteiger partial charge in [0, 0.05) is 18.8 Å². The van der Waals surface area contributed by atoms with Crippen LogP contribution in [0.2, 0.25) is 0 Å². The summed E-state index contributed by atoms with van der Waals surface area (Å²) >= 11 is 0. The van der Waals surface area contributed by atoms with Gasteiger partial charge in [0.05, 0.1) is 33.6 Å². The lowest BCUT2D eigenvalue weighted by Crippen LogP contribution is -2.23. The van der Waals surface area contributed by atoms with Crippen LogP contribution >= 0.6 is 0 Å². The highest BCUT2D eigenvalue weighted by atomic mass is 16.5. The summed E-state index contributed by atoms with van der Waals surface area (Å²) in [6.07, 6.45) is 4.76. The van der Waals surface area contributed by atoms with Crippen LogP contribution in [0.5, 0.6) is 17.2 Å². The molecular formula is C20H23N3O4. The van der Waals surface area contributed by atoms with Crippen LogP contribution in [0.1, 0.15) is 17.7 Å². The zero-order valence-electron chi connectivity index (χ0n) is 15.7. The predicted octanol–water partition coefficient (Wildman–Crippen LogP) is 2.61. The van der Waals surface area contributed by atoms with Crippen LogP contribution in [0.3, 0.4) is 0 Å². The van der Waals surface area contributed by atoms with E-state index in [9.17, 15) is 4.79 Å². The van der Waals surface area contributed by atoms with Crippen molar-refractivity contribution in [3.63, 3.8) is 0 Å². The zero-order chi connectivity index (χ0) is 19.2. The number of aryl methyl sites for hydroxylation is 1. The fourth-order valence-corrected chi connectivity index (χ4v) is 2.89. The number of carbonyl (C=O) groups excluding carboxylic acids is 1. The van der Waals surface area contributed by atoms with Crippen LogP contribution in [-0.2, 0) is 17.8 Å². The zero-order valence-corrected chi connectivity index (χ0v) is 15.7. The van der Waals surface area contributed by atoms with E-state index in [4.69, 9.17) is 14.2 Å². The van der Waals surface area contributed by atoms with E-state index in [1.807, 2.05) is 47.1 Å². The van der Waals surface area contributed by atoms with Crippen molar-refractivity contribution in [2.24, 2.45) is 0 Å². The van der Waals surface area contributed by atoms with Crippen molar-refractivity contribution in [2.45, 2.75) is 19.4 Å². The van der Waals surface area contributed by atoms with Crippen LogP contribution in [-0.4, -0.2) is 36.6 Å². The highest BCUT2D eigenvalue weighted by Gasteiger charge is 2.14. The van der Waals surface area contributed by atoms with Gasteiger partial charge in [0.15, 0.2) is 11.5 Å². The van der Waals surface area contributed by atoms with Crippen molar-refractivity contribution < 1.29 is 19.0 Å². The van der Waals surface area contributed by atoms with E-state index in [0.717, 1.165) is 16.9 Å². The molecule has 0 bridgehead atoms. The molecule has 27 heavy (non-hydrogen) atoms.